The van der Waals surface area contributed by atoms with Crippen molar-refractivity contribution in [2.75, 3.05) is 13.1 Å². The number of amides is 2. The van der Waals surface area contributed by atoms with Gasteiger partial charge in [0.05, 0.1) is 4.91 Å². The van der Waals surface area contributed by atoms with Crippen LogP contribution in [0.5, 0.6) is 0 Å². The SMILES string of the molecule is O=C(CN1C(=O)/C(=C\c2cccc(F)c2)SC1=S)NCCc1c[nH]c2ccccc12. The first-order chi connectivity index (χ1) is 14.5. The van der Waals surface area contributed by atoms with Gasteiger partial charge in [0.15, 0.2) is 0 Å². The lowest BCUT2D eigenvalue weighted by molar-refractivity contribution is -0.128. The highest BCUT2D eigenvalue weighted by Crippen LogP contribution is 2.32. The molecular formula is C22H18FN3O2S2. The Morgan fingerprint density at radius 3 is 2.90 bits per heavy atom. The minimum atomic E-state index is -0.381. The topological polar surface area (TPSA) is 65.2 Å². The third-order valence-electron chi connectivity index (χ3n) is 4.71. The van der Waals surface area contributed by atoms with E-state index in [1.807, 2.05) is 30.5 Å². The molecule has 1 aliphatic heterocycles. The molecule has 2 N–H and O–H groups in total. The molecule has 0 radical (unpaired) electrons. The van der Waals surface area contributed by atoms with Crippen LogP contribution in [0.4, 0.5) is 4.39 Å². The van der Waals surface area contributed by atoms with E-state index in [1.165, 1.54) is 17.0 Å². The fourth-order valence-electron chi connectivity index (χ4n) is 3.26. The minimum Gasteiger partial charge on any atom is -0.361 e. The van der Waals surface area contributed by atoms with Gasteiger partial charge in [-0.3, -0.25) is 14.5 Å². The molecule has 0 unspecified atom stereocenters. The summed E-state index contributed by atoms with van der Waals surface area (Å²) in [5.41, 5.74) is 2.75. The number of halogens is 1. The Labute approximate surface area is 182 Å². The van der Waals surface area contributed by atoms with Crippen molar-refractivity contribution in [3.05, 3.63) is 76.6 Å². The van der Waals surface area contributed by atoms with Gasteiger partial charge in [-0.2, -0.15) is 0 Å². The van der Waals surface area contributed by atoms with Crippen molar-refractivity contribution < 1.29 is 14.0 Å². The largest absolute Gasteiger partial charge is 0.361 e. The third kappa shape index (κ3) is 4.44. The van der Waals surface area contributed by atoms with E-state index in [4.69, 9.17) is 12.2 Å². The molecule has 0 bridgehead atoms. The lowest BCUT2D eigenvalue weighted by Crippen LogP contribution is -2.40. The van der Waals surface area contributed by atoms with Crippen LogP contribution in [-0.2, 0) is 16.0 Å². The molecule has 0 saturated carbocycles. The predicted octanol–water partition coefficient (Wildman–Crippen LogP) is 3.87. The van der Waals surface area contributed by atoms with Gasteiger partial charge in [0, 0.05) is 23.6 Å². The highest BCUT2D eigenvalue weighted by Gasteiger charge is 2.33. The van der Waals surface area contributed by atoms with Gasteiger partial charge >= 0.3 is 0 Å². The van der Waals surface area contributed by atoms with Crippen molar-refractivity contribution >= 4 is 57.1 Å². The van der Waals surface area contributed by atoms with Crippen LogP contribution in [-0.4, -0.2) is 39.1 Å². The summed E-state index contributed by atoms with van der Waals surface area (Å²) in [6.07, 6.45) is 4.20. The molecular weight excluding hydrogens is 421 g/mol. The monoisotopic (exact) mass is 439 g/mol. The molecule has 0 spiro atoms. The number of aromatic amines is 1. The summed E-state index contributed by atoms with van der Waals surface area (Å²) >= 11 is 6.36. The van der Waals surface area contributed by atoms with Gasteiger partial charge in [-0.1, -0.05) is 54.3 Å². The smallest absolute Gasteiger partial charge is 0.266 e. The van der Waals surface area contributed by atoms with E-state index >= 15 is 0 Å². The number of thiocarbonyl (C=S) groups is 1. The molecule has 30 heavy (non-hydrogen) atoms. The molecule has 152 valence electrons. The first-order valence-corrected chi connectivity index (χ1v) is 10.6. The number of H-pyrrole nitrogens is 1. The summed E-state index contributed by atoms with van der Waals surface area (Å²) in [6, 6.07) is 13.9. The number of rotatable bonds is 6. The average molecular weight is 440 g/mol. The van der Waals surface area contributed by atoms with Crippen molar-refractivity contribution in [1.82, 2.24) is 15.2 Å². The van der Waals surface area contributed by atoms with E-state index in [0.717, 1.165) is 28.2 Å². The lowest BCUT2D eigenvalue weighted by atomic mass is 10.1. The van der Waals surface area contributed by atoms with Gasteiger partial charge in [0.2, 0.25) is 5.91 Å². The third-order valence-corrected chi connectivity index (χ3v) is 6.09. The zero-order valence-electron chi connectivity index (χ0n) is 15.9. The molecule has 4 rings (SSSR count). The molecule has 8 heteroatoms. The minimum absolute atomic E-state index is 0.140. The van der Waals surface area contributed by atoms with Crippen LogP contribution >= 0.6 is 24.0 Å². The summed E-state index contributed by atoms with van der Waals surface area (Å²) in [6.45, 7) is 0.313. The summed E-state index contributed by atoms with van der Waals surface area (Å²) in [7, 11) is 0. The number of aromatic nitrogens is 1. The lowest BCUT2D eigenvalue weighted by Gasteiger charge is -2.14. The van der Waals surface area contributed by atoms with Crippen molar-refractivity contribution in [3.63, 3.8) is 0 Å². The van der Waals surface area contributed by atoms with Crippen molar-refractivity contribution in [1.29, 1.82) is 0 Å². The number of nitrogens with zero attached hydrogens (tertiary/aromatic N) is 1. The molecule has 2 heterocycles. The van der Waals surface area contributed by atoms with Crippen LogP contribution in [0.3, 0.4) is 0 Å². The van der Waals surface area contributed by atoms with Crippen molar-refractivity contribution in [2.24, 2.45) is 0 Å². The molecule has 0 atom stereocenters. The van der Waals surface area contributed by atoms with E-state index in [1.54, 1.807) is 18.2 Å². The van der Waals surface area contributed by atoms with Crippen LogP contribution in [0.25, 0.3) is 17.0 Å². The van der Waals surface area contributed by atoms with Crippen LogP contribution in [0, 0.1) is 5.82 Å². The number of fused-ring (bicyclic) bond motifs is 1. The van der Waals surface area contributed by atoms with Gasteiger partial charge in [-0.25, -0.2) is 4.39 Å². The van der Waals surface area contributed by atoms with Crippen LogP contribution in [0.1, 0.15) is 11.1 Å². The number of para-hydroxylation sites is 1. The Hall–Kier alpha value is -2.97. The number of benzene rings is 2. The van der Waals surface area contributed by atoms with Gasteiger partial charge < -0.3 is 10.3 Å². The second-order valence-corrected chi connectivity index (χ2v) is 8.46. The first-order valence-electron chi connectivity index (χ1n) is 9.34. The predicted molar refractivity (Wildman–Crippen MR) is 121 cm³/mol. The standard InChI is InChI=1S/C22H18FN3O2S2/c23-16-5-3-4-14(10-16)11-19-21(28)26(22(29)30-19)13-20(27)24-9-8-15-12-25-18-7-2-1-6-17(15)18/h1-7,10-12,25H,8-9,13H2,(H,24,27)/b19-11+. The molecule has 1 aliphatic rings. The maximum absolute atomic E-state index is 13.4. The van der Waals surface area contributed by atoms with Gasteiger partial charge in [0.1, 0.15) is 16.7 Å². The Morgan fingerprint density at radius 1 is 1.23 bits per heavy atom. The highest BCUT2D eigenvalue weighted by molar-refractivity contribution is 8.26. The van der Waals surface area contributed by atoms with E-state index < -0.39 is 0 Å². The van der Waals surface area contributed by atoms with E-state index in [-0.39, 0.29) is 24.2 Å². The molecule has 1 saturated heterocycles. The van der Waals surface area contributed by atoms with Gasteiger partial charge in [-0.15, -0.1) is 0 Å². The zero-order valence-corrected chi connectivity index (χ0v) is 17.5. The zero-order chi connectivity index (χ0) is 21.1. The molecule has 0 aliphatic carbocycles. The van der Waals surface area contributed by atoms with Gasteiger partial charge in [0.25, 0.3) is 5.91 Å². The molecule has 5 nitrogen and oxygen atoms in total. The maximum atomic E-state index is 13.4. The number of thioether (sulfide) groups is 1. The molecule has 2 aromatic carbocycles. The quantitative estimate of drug-likeness (QED) is 0.452. The van der Waals surface area contributed by atoms with Crippen LogP contribution in [0.15, 0.2) is 59.6 Å². The van der Waals surface area contributed by atoms with Crippen molar-refractivity contribution in [2.45, 2.75) is 6.42 Å². The number of hydrogen-bond acceptors (Lipinski definition) is 4. The number of nitrogens with one attached hydrogen (secondary N) is 2. The van der Waals surface area contributed by atoms with Crippen LogP contribution in [0.2, 0.25) is 0 Å². The normalized spacial score (nSPS) is 15.4. The number of carbonyl (C=O) groups is 2. The fourth-order valence-corrected chi connectivity index (χ4v) is 4.51. The van der Waals surface area contributed by atoms with E-state index in [2.05, 4.69) is 10.3 Å². The second-order valence-electron chi connectivity index (χ2n) is 6.78. The number of hydrogen-bond donors (Lipinski definition) is 2. The van der Waals surface area contributed by atoms with Crippen molar-refractivity contribution in [3.8, 4) is 0 Å². The van der Waals surface area contributed by atoms with E-state index in [9.17, 15) is 14.0 Å². The Bertz CT molecular complexity index is 1170. The summed E-state index contributed by atoms with van der Waals surface area (Å²) < 4.78 is 13.7. The highest BCUT2D eigenvalue weighted by atomic mass is 32.2. The first kappa shape index (κ1) is 20.3. The van der Waals surface area contributed by atoms with Crippen LogP contribution < -0.4 is 5.32 Å². The Morgan fingerprint density at radius 2 is 2.07 bits per heavy atom. The fraction of sp³-hybridized carbons (Fsp3) is 0.136. The second kappa shape index (κ2) is 8.81. The molecule has 1 aromatic heterocycles. The maximum Gasteiger partial charge on any atom is 0.266 e. The molecule has 1 fully saturated rings. The molecule has 2 amide bonds. The summed E-state index contributed by atoms with van der Waals surface area (Å²) in [5, 5.41) is 3.97. The number of carbonyl (C=O) groups excluding carboxylic acids is 2. The summed E-state index contributed by atoms with van der Waals surface area (Å²) in [4.78, 5) is 29.8. The summed E-state index contributed by atoms with van der Waals surface area (Å²) in [5.74, 6) is -1.01. The average Bonchev–Trinajstić information content (AvgIpc) is 3.24. The van der Waals surface area contributed by atoms with E-state index in [0.29, 0.717) is 27.8 Å². The van der Waals surface area contributed by atoms with Gasteiger partial charge in [-0.05, 0) is 41.8 Å². The molecule has 3 aromatic rings. The Kier molecular flexibility index (Phi) is 5.96. The Balaban J connectivity index is 1.34.